The summed E-state index contributed by atoms with van der Waals surface area (Å²) in [5.74, 6) is 2.52. The van der Waals surface area contributed by atoms with E-state index in [9.17, 15) is 0 Å². The molecule has 2 aromatic carbocycles. The second-order valence-corrected chi connectivity index (χ2v) is 6.22. The minimum absolute atomic E-state index is 0.0569. The lowest BCUT2D eigenvalue weighted by atomic mass is 9.93. The molecule has 1 aromatic heterocycles. The van der Waals surface area contributed by atoms with Crippen LogP contribution in [-0.2, 0) is 0 Å². The third-order valence-electron chi connectivity index (χ3n) is 4.72. The van der Waals surface area contributed by atoms with Crippen LogP contribution in [0.1, 0.15) is 36.6 Å². The summed E-state index contributed by atoms with van der Waals surface area (Å²) in [7, 11) is 1.70. The van der Waals surface area contributed by atoms with E-state index in [0.717, 1.165) is 29.4 Å². The zero-order valence-electron chi connectivity index (χ0n) is 14.9. The van der Waals surface area contributed by atoms with Gasteiger partial charge in [-0.3, -0.25) is 0 Å². The van der Waals surface area contributed by atoms with Gasteiger partial charge in [-0.1, -0.05) is 30.3 Å². The third-order valence-corrected chi connectivity index (χ3v) is 4.72. The minimum Gasteiger partial charge on any atom is -0.496 e. The Hall–Kier alpha value is -3.02. The topological polar surface area (TPSA) is 61.2 Å². The maximum Gasteiger partial charge on any atom is 0.222 e. The van der Waals surface area contributed by atoms with E-state index < -0.39 is 0 Å². The Morgan fingerprint density at radius 1 is 1.15 bits per heavy atom. The molecule has 1 N–H and O–H groups in total. The quantitative estimate of drug-likeness (QED) is 0.758. The van der Waals surface area contributed by atoms with Crippen LogP contribution in [0, 0.1) is 0 Å². The average molecular weight is 350 g/mol. The summed E-state index contributed by atoms with van der Waals surface area (Å²) in [6, 6.07) is 16.5. The van der Waals surface area contributed by atoms with Crippen molar-refractivity contribution in [3.05, 3.63) is 66.0 Å². The lowest BCUT2D eigenvalue weighted by Gasteiger charge is -2.32. The summed E-state index contributed by atoms with van der Waals surface area (Å²) in [5, 5.41) is 7.91. The molecule has 4 rings (SSSR count). The molecule has 6 nitrogen and oxygen atoms in total. The van der Waals surface area contributed by atoms with Crippen LogP contribution in [0.15, 0.2) is 54.9 Å². The van der Waals surface area contributed by atoms with Gasteiger partial charge in [-0.25, -0.2) is 4.68 Å². The van der Waals surface area contributed by atoms with E-state index in [1.165, 1.54) is 5.56 Å². The first-order valence-corrected chi connectivity index (χ1v) is 8.82. The molecule has 0 saturated heterocycles. The lowest BCUT2D eigenvalue weighted by molar-refractivity contribution is 0.340. The summed E-state index contributed by atoms with van der Waals surface area (Å²) in [4.78, 5) is 4.39. The first kappa shape index (κ1) is 16.4. The number of nitrogens with zero attached hydrogens (tertiary/aromatic N) is 3. The number of fused-ring (bicyclic) bond motifs is 1. The Kier molecular flexibility index (Phi) is 4.48. The van der Waals surface area contributed by atoms with Crippen LogP contribution < -0.4 is 14.8 Å². The Labute approximate surface area is 152 Å². The van der Waals surface area contributed by atoms with Gasteiger partial charge in [-0.05, 0) is 37.1 Å². The number of methoxy groups -OCH3 is 1. The van der Waals surface area contributed by atoms with Crippen molar-refractivity contribution < 1.29 is 9.47 Å². The monoisotopic (exact) mass is 350 g/mol. The van der Waals surface area contributed by atoms with Gasteiger partial charge in [0.25, 0.3) is 0 Å². The van der Waals surface area contributed by atoms with Crippen LogP contribution in [0.4, 0.5) is 5.95 Å². The number of rotatable bonds is 5. The van der Waals surface area contributed by atoms with Crippen molar-refractivity contribution in [2.45, 2.75) is 25.4 Å². The van der Waals surface area contributed by atoms with Crippen LogP contribution in [0.25, 0.3) is 0 Å². The van der Waals surface area contributed by atoms with Crippen molar-refractivity contribution in [2.75, 3.05) is 19.0 Å². The number of ether oxygens (including phenoxy) is 2. The Morgan fingerprint density at radius 3 is 2.73 bits per heavy atom. The molecule has 6 heteroatoms. The largest absolute Gasteiger partial charge is 0.496 e. The molecule has 26 heavy (non-hydrogen) atoms. The summed E-state index contributed by atoms with van der Waals surface area (Å²) >= 11 is 0. The minimum atomic E-state index is 0.0569. The second kappa shape index (κ2) is 7.07. The van der Waals surface area contributed by atoms with Crippen molar-refractivity contribution in [1.82, 2.24) is 14.8 Å². The molecule has 0 bridgehead atoms. The van der Waals surface area contributed by atoms with E-state index in [1.54, 1.807) is 13.4 Å². The Balaban J connectivity index is 1.68. The van der Waals surface area contributed by atoms with Crippen LogP contribution >= 0.6 is 0 Å². The molecule has 0 unspecified atom stereocenters. The zero-order valence-corrected chi connectivity index (χ0v) is 14.9. The SMILES string of the molecule is CCOc1ccc([C@@H]2C[C@@H](c3ccccc3OC)n3ncnc3N2)cc1. The van der Waals surface area contributed by atoms with Gasteiger partial charge in [-0.2, -0.15) is 10.1 Å². The van der Waals surface area contributed by atoms with Crippen molar-refractivity contribution in [3.63, 3.8) is 0 Å². The van der Waals surface area contributed by atoms with E-state index >= 15 is 0 Å². The molecule has 134 valence electrons. The fraction of sp³-hybridized carbons (Fsp3) is 0.300. The molecule has 0 aliphatic carbocycles. The van der Waals surface area contributed by atoms with E-state index in [1.807, 2.05) is 41.9 Å². The van der Waals surface area contributed by atoms with Gasteiger partial charge in [0, 0.05) is 5.56 Å². The molecule has 1 aliphatic rings. The van der Waals surface area contributed by atoms with E-state index in [4.69, 9.17) is 9.47 Å². The van der Waals surface area contributed by atoms with Crippen LogP contribution in [0.5, 0.6) is 11.5 Å². The zero-order chi connectivity index (χ0) is 17.9. The van der Waals surface area contributed by atoms with Gasteiger partial charge in [0.15, 0.2) is 0 Å². The van der Waals surface area contributed by atoms with Crippen molar-refractivity contribution >= 4 is 5.95 Å². The molecule has 0 amide bonds. The molecule has 0 fully saturated rings. The van der Waals surface area contributed by atoms with Crippen molar-refractivity contribution in [1.29, 1.82) is 0 Å². The van der Waals surface area contributed by atoms with Gasteiger partial charge < -0.3 is 14.8 Å². The molecular weight excluding hydrogens is 328 g/mol. The van der Waals surface area contributed by atoms with Crippen molar-refractivity contribution in [3.8, 4) is 11.5 Å². The molecule has 2 heterocycles. The predicted molar refractivity (Wildman–Crippen MR) is 99.7 cm³/mol. The fourth-order valence-electron chi connectivity index (χ4n) is 3.50. The fourth-order valence-corrected chi connectivity index (χ4v) is 3.50. The highest BCUT2D eigenvalue weighted by atomic mass is 16.5. The van der Waals surface area contributed by atoms with Gasteiger partial charge in [-0.15, -0.1) is 0 Å². The number of hydrogen-bond donors (Lipinski definition) is 1. The van der Waals surface area contributed by atoms with E-state index in [2.05, 4.69) is 33.6 Å². The normalized spacial score (nSPS) is 18.7. The molecule has 0 radical (unpaired) electrons. The Morgan fingerprint density at radius 2 is 1.96 bits per heavy atom. The first-order valence-electron chi connectivity index (χ1n) is 8.82. The molecule has 0 spiro atoms. The summed E-state index contributed by atoms with van der Waals surface area (Å²) in [6.07, 6.45) is 2.44. The lowest BCUT2D eigenvalue weighted by Crippen LogP contribution is -2.28. The van der Waals surface area contributed by atoms with E-state index in [0.29, 0.717) is 6.61 Å². The standard InChI is InChI=1S/C20H22N4O2/c1-3-26-15-10-8-14(9-11-15)17-12-18(24-20(23-17)21-13-22-24)16-6-4-5-7-19(16)25-2/h4-11,13,17-18H,3,12H2,1-2H3,(H,21,22,23)/t17-,18-/m0/s1. The van der Waals surface area contributed by atoms with Crippen LogP contribution in [-0.4, -0.2) is 28.5 Å². The summed E-state index contributed by atoms with van der Waals surface area (Å²) in [6.45, 7) is 2.65. The number of anilines is 1. The van der Waals surface area contributed by atoms with Gasteiger partial charge in [0.1, 0.15) is 17.8 Å². The molecule has 2 atom stereocenters. The second-order valence-electron chi connectivity index (χ2n) is 6.22. The smallest absolute Gasteiger partial charge is 0.222 e. The molecule has 3 aromatic rings. The van der Waals surface area contributed by atoms with Gasteiger partial charge in [0.2, 0.25) is 5.95 Å². The number of benzene rings is 2. The van der Waals surface area contributed by atoms with Crippen LogP contribution in [0.3, 0.4) is 0 Å². The molecular formula is C20H22N4O2. The average Bonchev–Trinajstić information content (AvgIpc) is 3.17. The number of hydrogen-bond acceptors (Lipinski definition) is 5. The van der Waals surface area contributed by atoms with Gasteiger partial charge >= 0.3 is 0 Å². The highest BCUT2D eigenvalue weighted by molar-refractivity contribution is 5.43. The third kappa shape index (κ3) is 2.98. The predicted octanol–water partition coefficient (Wildman–Crippen LogP) is 3.83. The number of nitrogens with one attached hydrogen (secondary N) is 1. The number of para-hydroxylation sites is 1. The van der Waals surface area contributed by atoms with E-state index in [-0.39, 0.29) is 12.1 Å². The first-order chi connectivity index (χ1) is 12.8. The maximum atomic E-state index is 5.58. The molecule has 0 saturated carbocycles. The highest BCUT2D eigenvalue weighted by Crippen LogP contribution is 2.40. The van der Waals surface area contributed by atoms with Crippen LogP contribution in [0.2, 0.25) is 0 Å². The Bertz CT molecular complexity index is 876. The van der Waals surface area contributed by atoms with Crippen molar-refractivity contribution in [2.24, 2.45) is 0 Å². The van der Waals surface area contributed by atoms with Gasteiger partial charge in [0.05, 0.1) is 25.8 Å². The summed E-state index contributed by atoms with van der Waals surface area (Å²) < 4.78 is 13.1. The number of aromatic nitrogens is 3. The molecule has 1 aliphatic heterocycles. The maximum absolute atomic E-state index is 5.58. The highest BCUT2D eigenvalue weighted by Gasteiger charge is 2.31. The summed E-state index contributed by atoms with van der Waals surface area (Å²) in [5.41, 5.74) is 2.31.